The third-order valence-electron chi connectivity index (χ3n) is 2.01. The molecule has 60 valence electrons. The standard InChI is InChI=1S/C10H14S/c1-8-4-3-5-9(2)10(8)6-7-11/h3-5,11H,6-7H2,1-2H3. The van der Waals surface area contributed by atoms with Crippen molar-refractivity contribution in [3.8, 4) is 0 Å². The molecule has 11 heavy (non-hydrogen) atoms. The molecule has 0 bridgehead atoms. The van der Waals surface area contributed by atoms with E-state index in [1.165, 1.54) is 16.7 Å². The van der Waals surface area contributed by atoms with Gasteiger partial charge in [-0.3, -0.25) is 0 Å². The molecule has 0 spiro atoms. The zero-order chi connectivity index (χ0) is 8.27. The Morgan fingerprint density at radius 1 is 1.18 bits per heavy atom. The van der Waals surface area contributed by atoms with Crippen LogP contribution in [0.25, 0.3) is 0 Å². The number of benzene rings is 1. The summed E-state index contributed by atoms with van der Waals surface area (Å²) in [7, 11) is 0. The fraction of sp³-hybridized carbons (Fsp3) is 0.400. The Bertz CT molecular complexity index is 220. The first-order valence-corrected chi connectivity index (χ1v) is 4.55. The molecule has 1 aromatic rings. The van der Waals surface area contributed by atoms with Crippen LogP contribution in [-0.2, 0) is 6.42 Å². The Kier molecular flexibility index (Phi) is 3.01. The molecule has 0 atom stereocenters. The van der Waals surface area contributed by atoms with Crippen LogP contribution in [0.2, 0.25) is 0 Å². The molecule has 1 rings (SSSR count). The van der Waals surface area contributed by atoms with Crippen LogP contribution in [0, 0.1) is 13.8 Å². The van der Waals surface area contributed by atoms with Gasteiger partial charge in [0, 0.05) is 0 Å². The van der Waals surface area contributed by atoms with Gasteiger partial charge in [0.25, 0.3) is 0 Å². The average Bonchev–Trinajstić information content (AvgIpc) is 1.97. The second kappa shape index (κ2) is 3.82. The lowest BCUT2D eigenvalue weighted by molar-refractivity contribution is 1.10. The number of aryl methyl sites for hydroxylation is 2. The summed E-state index contributed by atoms with van der Waals surface area (Å²) >= 11 is 4.23. The van der Waals surface area contributed by atoms with Crippen LogP contribution in [-0.4, -0.2) is 5.75 Å². The van der Waals surface area contributed by atoms with Gasteiger partial charge in [0.1, 0.15) is 0 Å². The van der Waals surface area contributed by atoms with E-state index in [0.717, 1.165) is 12.2 Å². The van der Waals surface area contributed by atoms with Gasteiger partial charge in [-0.15, -0.1) is 0 Å². The minimum Gasteiger partial charge on any atom is -0.179 e. The SMILES string of the molecule is Cc1cccc(C)c1CCS. The first-order chi connectivity index (χ1) is 5.25. The first kappa shape index (κ1) is 8.66. The van der Waals surface area contributed by atoms with E-state index in [2.05, 4.69) is 44.7 Å². The van der Waals surface area contributed by atoms with Gasteiger partial charge in [0.05, 0.1) is 0 Å². The van der Waals surface area contributed by atoms with Gasteiger partial charge >= 0.3 is 0 Å². The molecular weight excluding hydrogens is 152 g/mol. The molecule has 0 radical (unpaired) electrons. The van der Waals surface area contributed by atoms with E-state index in [1.807, 2.05) is 0 Å². The Morgan fingerprint density at radius 2 is 1.73 bits per heavy atom. The van der Waals surface area contributed by atoms with E-state index >= 15 is 0 Å². The number of thiol groups is 1. The fourth-order valence-electron chi connectivity index (χ4n) is 1.36. The lowest BCUT2D eigenvalue weighted by Gasteiger charge is -2.06. The van der Waals surface area contributed by atoms with Crippen molar-refractivity contribution in [3.63, 3.8) is 0 Å². The van der Waals surface area contributed by atoms with Crippen LogP contribution in [0.15, 0.2) is 18.2 Å². The molecule has 1 aromatic carbocycles. The summed E-state index contributed by atoms with van der Waals surface area (Å²) in [5.74, 6) is 0.936. The predicted octanol–water partition coefficient (Wildman–Crippen LogP) is 2.78. The molecule has 0 heterocycles. The molecule has 0 saturated carbocycles. The normalized spacial score (nSPS) is 10.1. The van der Waals surface area contributed by atoms with Crippen molar-refractivity contribution in [1.82, 2.24) is 0 Å². The molecule has 0 nitrogen and oxygen atoms in total. The molecule has 0 aliphatic carbocycles. The predicted molar refractivity (Wildman–Crippen MR) is 53.5 cm³/mol. The largest absolute Gasteiger partial charge is 0.179 e. The van der Waals surface area contributed by atoms with Gasteiger partial charge in [-0.05, 0) is 42.7 Å². The number of hydrogen-bond acceptors (Lipinski definition) is 1. The van der Waals surface area contributed by atoms with Gasteiger partial charge in [0.15, 0.2) is 0 Å². The van der Waals surface area contributed by atoms with Gasteiger partial charge in [0.2, 0.25) is 0 Å². The smallest absolute Gasteiger partial charge is 0.00572 e. The van der Waals surface area contributed by atoms with Crippen LogP contribution in [0.1, 0.15) is 16.7 Å². The van der Waals surface area contributed by atoms with Crippen LogP contribution < -0.4 is 0 Å². The van der Waals surface area contributed by atoms with Crippen molar-refractivity contribution in [1.29, 1.82) is 0 Å². The minimum atomic E-state index is 0.936. The molecule has 0 fully saturated rings. The monoisotopic (exact) mass is 166 g/mol. The Hall–Kier alpha value is -0.430. The third kappa shape index (κ3) is 2.00. The highest BCUT2D eigenvalue weighted by Gasteiger charge is 1.98. The lowest BCUT2D eigenvalue weighted by atomic mass is 10.0. The highest BCUT2D eigenvalue weighted by atomic mass is 32.1. The van der Waals surface area contributed by atoms with E-state index in [9.17, 15) is 0 Å². The zero-order valence-corrected chi connectivity index (χ0v) is 7.99. The zero-order valence-electron chi connectivity index (χ0n) is 7.09. The topological polar surface area (TPSA) is 0 Å². The molecular formula is C10H14S. The second-order valence-electron chi connectivity index (χ2n) is 2.84. The van der Waals surface area contributed by atoms with E-state index in [4.69, 9.17) is 0 Å². The molecule has 0 unspecified atom stereocenters. The van der Waals surface area contributed by atoms with E-state index in [-0.39, 0.29) is 0 Å². The van der Waals surface area contributed by atoms with Gasteiger partial charge in [-0.1, -0.05) is 18.2 Å². The number of rotatable bonds is 2. The molecule has 0 aromatic heterocycles. The van der Waals surface area contributed by atoms with Crippen LogP contribution in [0.5, 0.6) is 0 Å². The van der Waals surface area contributed by atoms with E-state index < -0.39 is 0 Å². The van der Waals surface area contributed by atoms with E-state index in [1.54, 1.807) is 0 Å². The van der Waals surface area contributed by atoms with Crippen molar-refractivity contribution in [3.05, 3.63) is 34.9 Å². The Morgan fingerprint density at radius 3 is 2.18 bits per heavy atom. The molecule has 0 amide bonds. The summed E-state index contributed by atoms with van der Waals surface area (Å²) in [6, 6.07) is 6.42. The number of hydrogen-bond donors (Lipinski definition) is 1. The van der Waals surface area contributed by atoms with Crippen LogP contribution in [0.3, 0.4) is 0 Å². The average molecular weight is 166 g/mol. The highest BCUT2D eigenvalue weighted by Crippen LogP contribution is 2.13. The summed E-state index contributed by atoms with van der Waals surface area (Å²) in [5.41, 5.74) is 4.24. The van der Waals surface area contributed by atoms with Gasteiger partial charge in [-0.25, -0.2) is 0 Å². The maximum Gasteiger partial charge on any atom is -0.00572 e. The summed E-state index contributed by atoms with van der Waals surface area (Å²) in [6.45, 7) is 4.32. The quantitative estimate of drug-likeness (QED) is 0.642. The van der Waals surface area contributed by atoms with Crippen molar-refractivity contribution in [2.45, 2.75) is 20.3 Å². The lowest BCUT2D eigenvalue weighted by Crippen LogP contribution is -1.93. The molecule has 0 aliphatic rings. The maximum absolute atomic E-state index is 4.23. The van der Waals surface area contributed by atoms with Crippen molar-refractivity contribution < 1.29 is 0 Å². The van der Waals surface area contributed by atoms with Crippen LogP contribution >= 0.6 is 12.6 Å². The fourth-order valence-corrected chi connectivity index (χ4v) is 1.58. The molecule has 0 aliphatic heterocycles. The summed E-state index contributed by atoms with van der Waals surface area (Å²) in [4.78, 5) is 0. The molecule has 0 N–H and O–H groups in total. The summed E-state index contributed by atoms with van der Waals surface area (Å²) in [6.07, 6.45) is 1.08. The maximum atomic E-state index is 4.23. The molecule has 0 saturated heterocycles. The second-order valence-corrected chi connectivity index (χ2v) is 3.29. The van der Waals surface area contributed by atoms with E-state index in [0.29, 0.717) is 0 Å². The van der Waals surface area contributed by atoms with Gasteiger partial charge in [-0.2, -0.15) is 12.6 Å². The highest BCUT2D eigenvalue weighted by molar-refractivity contribution is 7.80. The summed E-state index contributed by atoms with van der Waals surface area (Å²) in [5, 5.41) is 0. The Labute approximate surface area is 74.0 Å². The van der Waals surface area contributed by atoms with Crippen LogP contribution in [0.4, 0.5) is 0 Å². The Balaban J connectivity index is 3.00. The third-order valence-corrected chi connectivity index (χ3v) is 2.23. The van der Waals surface area contributed by atoms with Crippen molar-refractivity contribution >= 4 is 12.6 Å². The minimum absolute atomic E-state index is 0.936. The first-order valence-electron chi connectivity index (χ1n) is 3.91. The van der Waals surface area contributed by atoms with Crippen molar-refractivity contribution in [2.75, 3.05) is 5.75 Å². The van der Waals surface area contributed by atoms with Crippen molar-refractivity contribution in [2.24, 2.45) is 0 Å². The molecule has 1 heteroatoms. The summed E-state index contributed by atoms with van der Waals surface area (Å²) < 4.78 is 0. The van der Waals surface area contributed by atoms with Gasteiger partial charge < -0.3 is 0 Å².